The van der Waals surface area contributed by atoms with Crippen LogP contribution in [-0.2, 0) is 24.9 Å². The zero-order valence-electron chi connectivity index (χ0n) is 23.6. The SMILES string of the molecule is COCC(C)Nc1ncc2c(-c3cnn(C(C)(C)C(=O)N4CCS(=O)(=O)CC4)c3)cc([C@H]3CC[C@H](O)CC3)n2n1. The van der Waals surface area contributed by atoms with Crippen LogP contribution in [0.5, 0.6) is 0 Å². The number of carbonyl (C=O) groups excluding carboxylic acids is 1. The van der Waals surface area contributed by atoms with E-state index in [1.165, 1.54) is 0 Å². The summed E-state index contributed by atoms with van der Waals surface area (Å²) in [6.07, 6.45) is 8.37. The molecule has 5 rings (SSSR count). The number of hydrogen-bond acceptors (Lipinski definition) is 9. The quantitative estimate of drug-likeness (QED) is 0.414. The number of fused-ring (bicyclic) bond motifs is 1. The molecule has 1 atom stereocenters. The number of nitrogens with one attached hydrogen (secondary N) is 1. The summed E-state index contributed by atoms with van der Waals surface area (Å²) in [5.74, 6) is 0.551. The Kier molecular flexibility index (Phi) is 7.90. The lowest BCUT2D eigenvalue weighted by Crippen LogP contribution is -2.52. The van der Waals surface area contributed by atoms with Gasteiger partial charge >= 0.3 is 0 Å². The topological polar surface area (TPSA) is 144 Å². The van der Waals surface area contributed by atoms with Gasteiger partial charge in [0.25, 0.3) is 0 Å². The maximum absolute atomic E-state index is 13.4. The standard InChI is InChI=1S/C27H39N7O5S/c1-18(17-39-4)30-26-28-15-24-22(13-23(34(24)31-26)19-5-7-21(35)8-6-19)20-14-29-33(16-20)27(2,3)25(36)32-9-11-40(37,38)12-10-32/h13-16,18-19,21,35H,5-12,17H2,1-4H3,(H,30,31)/t18?,19-,21-. The van der Waals surface area contributed by atoms with Crippen molar-refractivity contribution in [2.75, 3.05) is 43.6 Å². The third-order valence-electron chi connectivity index (χ3n) is 8.07. The summed E-state index contributed by atoms with van der Waals surface area (Å²) in [6, 6.07) is 2.16. The number of aromatic nitrogens is 5. The molecule has 218 valence electrons. The van der Waals surface area contributed by atoms with Crippen LogP contribution < -0.4 is 5.32 Å². The lowest BCUT2D eigenvalue weighted by atomic mass is 9.85. The molecule has 12 nitrogen and oxygen atoms in total. The minimum atomic E-state index is -3.09. The average molecular weight is 574 g/mol. The van der Waals surface area contributed by atoms with Crippen LogP contribution in [0.2, 0.25) is 0 Å². The van der Waals surface area contributed by atoms with Crippen LogP contribution in [0.15, 0.2) is 24.7 Å². The Morgan fingerprint density at radius 1 is 1.20 bits per heavy atom. The maximum atomic E-state index is 13.4. The van der Waals surface area contributed by atoms with Crippen LogP contribution in [0.1, 0.15) is 58.1 Å². The van der Waals surface area contributed by atoms with E-state index in [4.69, 9.17) is 9.84 Å². The summed E-state index contributed by atoms with van der Waals surface area (Å²) in [5.41, 5.74) is 2.63. The first kappa shape index (κ1) is 28.5. The molecule has 0 spiro atoms. The molecule has 2 fully saturated rings. The number of ether oxygens (including phenoxy) is 1. The van der Waals surface area contributed by atoms with E-state index in [2.05, 4.69) is 21.5 Å². The minimum absolute atomic E-state index is 0.0159. The summed E-state index contributed by atoms with van der Waals surface area (Å²) < 4.78 is 32.5. The number of aliphatic hydroxyl groups is 1. The number of anilines is 1. The number of hydrogen-bond donors (Lipinski definition) is 2. The van der Waals surface area contributed by atoms with Gasteiger partial charge in [0.05, 0.1) is 42.1 Å². The van der Waals surface area contributed by atoms with Crippen molar-refractivity contribution in [2.45, 2.75) is 70.1 Å². The lowest BCUT2D eigenvalue weighted by Gasteiger charge is -2.34. The molecule has 1 aliphatic carbocycles. The van der Waals surface area contributed by atoms with Gasteiger partial charge in [0.1, 0.15) is 5.54 Å². The van der Waals surface area contributed by atoms with Gasteiger partial charge in [-0.25, -0.2) is 17.9 Å². The van der Waals surface area contributed by atoms with Gasteiger partial charge in [-0.1, -0.05) is 0 Å². The van der Waals surface area contributed by atoms with Crippen LogP contribution >= 0.6 is 0 Å². The second-order valence-corrected chi connectivity index (χ2v) is 13.8. The van der Waals surface area contributed by atoms with Crippen molar-refractivity contribution >= 4 is 27.2 Å². The maximum Gasteiger partial charge on any atom is 0.250 e. The molecular formula is C27H39N7O5S. The monoisotopic (exact) mass is 573 g/mol. The fourth-order valence-electron chi connectivity index (χ4n) is 5.65. The number of methoxy groups -OCH3 is 1. The Labute approximate surface area is 234 Å². The van der Waals surface area contributed by atoms with Crippen molar-refractivity contribution in [3.05, 3.63) is 30.4 Å². The predicted molar refractivity (Wildman–Crippen MR) is 151 cm³/mol. The molecule has 2 aliphatic rings. The minimum Gasteiger partial charge on any atom is -0.393 e. The Balaban J connectivity index is 1.47. The number of carbonyl (C=O) groups is 1. The molecule has 1 saturated heterocycles. The normalized spacial score (nSPS) is 22.4. The Bertz CT molecular complexity index is 1460. The fraction of sp³-hybridized carbons (Fsp3) is 0.630. The van der Waals surface area contributed by atoms with E-state index in [9.17, 15) is 18.3 Å². The van der Waals surface area contributed by atoms with Crippen LogP contribution in [0.4, 0.5) is 5.95 Å². The molecule has 0 radical (unpaired) electrons. The highest BCUT2D eigenvalue weighted by Crippen LogP contribution is 2.38. The number of aliphatic hydroxyl groups excluding tert-OH is 1. The average Bonchev–Trinajstić information content (AvgIpc) is 3.55. The van der Waals surface area contributed by atoms with Gasteiger partial charge in [-0.15, -0.1) is 5.10 Å². The van der Waals surface area contributed by atoms with Crippen molar-refractivity contribution in [1.29, 1.82) is 0 Å². The van der Waals surface area contributed by atoms with Crippen LogP contribution in [0, 0.1) is 0 Å². The summed E-state index contributed by atoms with van der Waals surface area (Å²) in [4.78, 5) is 19.6. The van der Waals surface area contributed by atoms with Crippen molar-refractivity contribution < 1.29 is 23.1 Å². The summed E-state index contributed by atoms with van der Waals surface area (Å²) >= 11 is 0. The highest BCUT2D eigenvalue weighted by atomic mass is 32.2. The van der Waals surface area contributed by atoms with Gasteiger partial charge in [0.15, 0.2) is 9.84 Å². The smallest absolute Gasteiger partial charge is 0.250 e. The van der Waals surface area contributed by atoms with Gasteiger partial charge in [-0.3, -0.25) is 9.48 Å². The van der Waals surface area contributed by atoms with E-state index >= 15 is 0 Å². The number of rotatable bonds is 8. The number of sulfone groups is 1. The zero-order valence-corrected chi connectivity index (χ0v) is 24.4. The highest BCUT2D eigenvalue weighted by Gasteiger charge is 2.37. The van der Waals surface area contributed by atoms with E-state index < -0.39 is 15.4 Å². The summed E-state index contributed by atoms with van der Waals surface area (Å²) in [5, 5.41) is 22.8. The van der Waals surface area contributed by atoms with E-state index in [1.807, 2.05) is 17.6 Å². The number of amides is 1. The van der Waals surface area contributed by atoms with E-state index in [-0.39, 0.29) is 48.6 Å². The van der Waals surface area contributed by atoms with Gasteiger partial charge in [0, 0.05) is 55.2 Å². The predicted octanol–water partition coefficient (Wildman–Crippen LogP) is 2.05. The Morgan fingerprint density at radius 2 is 1.90 bits per heavy atom. The third kappa shape index (κ3) is 5.72. The molecule has 1 aliphatic heterocycles. The van der Waals surface area contributed by atoms with Crippen LogP contribution in [0.3, 0.4) is 0 Å². The van der Waals surface area contributed by atoms with E-state index in [0.717, 1.165) is 48.0 Å². The Morgan fingerprint density at radius 3 is 2.58 bits per heavy atom. The van der Waals surface area contributed by atoms with Gasteiger partial charge in [0.2, 0.25) is 11.9 Å². The fourth-order valence-corrected chi connectivity index (χ4v) is 6.86. The second-order valence-electron chi connectivity index (χ2n) is 11.5. The van der Waals surface area contributed by atoms with Crippen molar-refractivity contribution in [3.63, 3.8) is 0 Å². The molecule has 2 N–H and O–H groups in total. The molecule has 0 bridgehead atoms. The van der Waals surface area contributed by atoms with Crippen molar-refractivity contribution in [1.82, 2.24) is 29.3 Å². The summed E-state index contributed by atoms with van der Waals surface area (Å²) in [6.45, 7) is 6.51. The molecule has 3 aromatic heterocycles. The molecule has 1 amide bonds. The van der Waals surface area contributed by atoms with Gasteiger partial charge < -0.3 is 20.1 Å². The first-order valence-corrected chi connectivity index (χ1v) is 15.7. The highest BCUT2D eigenvalue weighted by molar-refractivity contribution is 7.91. The van der Waals surface area contributed by atoms with E-state index in [1.54, 1.807) is 42.9 Å². The largest absolute Gasteiger partial charge is 0.393 e. The zero-order chi connectivity index (χ0) is 28.7. The summed E-state index contributed by atoms with van der Waals surface area (Å²) in [7, 11) is -1.44. The van der Waals surface area contributed by atoms with Crippen LogP contribution in [0.25, 0.3) is 16.6 Å². The lowest BCUT2D eigenvalue weighted by molar-refractivity contribution is -0.139. The first-order chi connectivity index (χ1) is 19.0. The molecular weight excluding hydrogens is 534 g/mol. The number of nitrogens with zero attached hydrogens (tertiary/aromatic N) is 6. The molecule has 1 unspecified atom stereocenters. The third-order valence-corrected chi connectivity index (χ3v) is 9.68. The van der Waals surface area contributed by atoms with E-state index in [0.29, 0.717) is 12.6 Å². The molecule has 0 aromatic carbocycles. The Hall–Kier alpha value is -3.03. The van der Waals surface area contributed by atoms with Gasteiger partial charge in [-0.2, -0.15) is 5.10 Å². The van der Waals surface area contributed by atoms with Crippen LogP contribution in [-0.4, -0.2) is 99.2 Å². The second kappa shape index (κ2) is 11.1. The molecule has 40 heavy (non-hydrogen) atoms. The van der Waals surface area contributed by atoms with Crippen molar-refractivity contribution in [3.8, 4) is 11.1 Å². The molecule has 4 heterocycles. The van der Waals surface area contributed by atoms with Gasteiger partial charge in [-0.05, 0) is 52.5 Å². The first-order valence-electron chi connectivity index (χ1n) is 13.9. The molecule has 1 saturated carbocycles. The molecule has 3 aromatic rings. The van der Waals surface area contributed by atoms with Crippen molar-refractivity contribution in [2.24, 2.45) is 0 Å². The molecule has 13 heteroatoms.